The largest absolute Gasteiger partial charge is 0.446 e. The van der Waals surface area contributed by atoms with E-state index in [1.54, 1.807) is 18.2 Å². The first kappa shape index (κ1) is 20.3. The standard InChI is InChI=1S/C19H23Cl2N5O3/c1-10-15(22)19(9-28-10)5-7-26(8-6-19)18-24-16(23)14(17(27)25-18)29-12-4-2-3-11(20)13(12)21/h2-4,10,15H,5-9,22H2,1H3,(H3,23,24,25,27)/t10-,15+/m0/s1. The molecule has 0 aliphatic carbocycles. The van der Waals surface area contributed by atoms with E-state index in [-0.39, 0.29) is 39.9 Å². The summed E-state index contributed by atoms with van der Waals surface area (Å²) in [7, 11) is 0. The molecule has 0 unspecified atom stereocenters. The number of hydrogen-bond donors (Lipinski definition) is 3. The minimum absolute atomic E-state index is 0.0138. The van der Waals surface area contributed by atoms with Crippen molar-refractivity contribution in [2.75, 3.05) is 30.3 Å². The number of nitrogens with one attached hydrogen (secondary N) is 1. The van der Waals surface area contributed by atoms with Crippen molar-refractivity contribution < 1.29 is 9.47 Å². The number of nitrogen functional groups attached to an aromatic ring is 1. The molecule has 0 amide bonds. The summed E-state index contributed by atoms with van der Waals surface area (Å²) in [5.74, 6) is 0.503. The van der Waals surface area contributed by atoms with Crippen molar-refractivity contribution in [1.82, 2.24) is 9.97 Å². The first-order chi connectivity index (χ1) is 13.8. The van der Waals surface area contributed by atoms with Crippen molar-refractivity contribution in [2.24, 2.45) is 11.1 Å². The van der Waals surface area contributed by atoms with Gasteiger partial charge in [-0.3, -0.25) is 9.78 Å². The average molecular weight is 440 g/mol. The topological polar surface area (TPSA) is 119 Å². The fraction of sp³-hybridized carbons (Fsp3) is 0.474. The number of benzene rings is 1. The molecule has 0 saturated carbocycles. The Morgan fingerprint density at radius 3 is 2.69 bits per heavy atom. The van der Waals surface area contributed by atoms with Gasteiger partial charge in [0.1, 0.15) is 10.8 Å². The Labute approximate surface area is 178 Å². The number of H-pyrrole nitrogens is 1. The van der Waals surface area contributed by atoms with Gasteiger partial charge in [0.05, 0.1) is 17.7 Å². The van der Waals surface area contributed by atoms with Gasteiger partial charge < -0.3 is 25.8 Å². The van der Waals surface area contributed by atoms with Crippen LogP contribution in [0.15, 0.2) is 23.0 Å². The van der Waals surface area contributed by atoms with E-state index < -0.39 is 5.56 Å². The number of hydrogen-bond acceptors (Lipinski definition) is 7. The Kier molecular flexibility index (Phi) is 5.37. The van der Waals surface area contributed by atoms with Gasteiger partial charge in [-0.25, -0.2) is 0 Å². The fourth-order valence-electron chi connectivity index (χ4n) is 4.03. The number of piperidine rings is 1. The van der Waals surface area contributed by atoms with Crippen LogP contribution in [0.2, 0.25) is 10.0 Å². The Balaban J connectivity index is 1.52. The Hall–Kier alpha value is -2.00. The van der Waals surface area contributed by atoms with Crippen molar-refractivity contribution in [2.45, 2.75) is 31.9 Å². The SMILES string of the molecule is C[C@@H]1OCC2(CCN(c3nc(N)c(Oc4cccc(Cl)c4Cl)c(=O)[nH]3)CC2)[C@@H]1N. The number of anilines is 2. The molecule has 2 atom stereocenters. The predicted molar refractivity (Wildman–Crippen MR) is 113 cm³/mol. The lowest BCUT2D eigenvalue weighted by Gasteiger charge is -2.41. The number of nitrogens with zero attached hydrogens (tertiary/aromatic N) is 2. The molecule has 2 aliphatic rings. The Morgan fingerprint density at radius 2 is 2.07 bits per heavy atom. The third kappa shape index (κ3) is 3.66. The quantitative estimate of drug-likeness (QED) is 0.672. The van der Waals surface area contributed by atoms with Crippen LogP contribution < -0.4 is 26.7 Å². The number of halogens is 2. The van der Waals surface area contributed by atoms with Crippen LogP contribution in [0.1, 0.15) is 19.8 Å². The first-order valence-electron chi connectivity index (χ1n) is 9.44. The van der Waals surface area contributed by atoms with Crippen LogP contribution in [-0.4, -0.2) is 41.8 Å². The van der Waals surface area contributed by atoms with Crippen molar-refractivity contribution in [3.8, 4) is 11.5 Å². The molecule has 8 nitrogen and oxygen atoms in total. The van der Waals surface area contributed by atoms with Crippen LogP contribution in [0.4, 0.5) is 11.8 Å². The zero-order valence-corrected chi connectivity index (χ0v) is 17.5. The van der Waals surface area contributed by atoms with Gasteiger partial charge in [0.2, 0.25) is 11.7 Å². The molecule has 0 bridgehead atoms. The minimum Gasteiger partial charge on any atom is -0.446 e. The molecule has 3 heterocycles. The highest BCUT2D eigenvalue weighted by Crippen LogP contribution is 2.41. The Bertz CT molecular complexity index is 975. The number of nitrogens with two attached hydrogens (primary N) is 2. The van der Waals surface area contributed by atoms with Gasteiger partial charge in [0, 0.05) is 24.5 Å². The zero-order chi connectivity index (χ0) is 20.8. The molecule has 2 saturated heterocycles. The lowest BCUT2D eigenvalue weighted by atomic mass is 9.73. The molecule has 5 N–H and O–H groups in total. The molecule has 1 aromatic carbocycles. The molecule has 156 valence electrons. The van der Waals surface area contributed by atoms with Crippen LogP contribution in [0.3, 0.4) is 0 Å². The number of ether oxygens (including phenoxy) is 2. The lowest BCUT2D eigenvalue weighted by Crippen LogP contribution is -2.51. The summed E-state index contributed by atoms with van der Waals surface area (Å²) < 4.78 is 11.4. The van der Waals surface area contributed by atoms with Crippen molar-refractivity contribution in [3.63, 3.8) is 0 Å². The number of aromatic nitrogens is 2. The van der Waals surface area contributed by atoms with E-state index in [2.05, 4.69) is 9.97 Å². The third-order valence-corrected chi connectivity index (χ3v) is 6.73. The average Bonchev–Trinajstić information content (AvgIpc) is 2.97. The van der Waals surface area contributed by atoms with E-state index in [0.717, 1.165) is 12.8 Å². The van der Waals surface area contributed by atoms with E-state index in [4.69, 9.17) is 44.1 Å². The molecule has 2 aromatic rings. The summed E-state index contributed by atoms with van der Waals surface area (Å²) in [5.41, 5.74) is 11.9. The van der Waals surface area contributed by atoms with E-state index in [9.17, 15) is 4.79 Å². The van der Waals surface area contributed by atoms with E-state index in [0.29, 0.717) is 30.7 Å². The predicted octanol–water partition coefficient (Wildman–Crippen LogP) is 2.78. The molecule has 4 rings (SSSR count). The number of aromatic amines is 1. The second-order valence-corrected chi connectivity index (χ2v) is 8.43. The molecule has 1 spiro atoms. The highest BCUT2D eigenvalue weighted by atomic mass is 35.5. The monoisotopic (exact) mass is 439 g/mol. The van der Waals surface area contributed by atoms with Gasteiger partial charge in [-0.05, 0) is 31.9 Å². The summed E-state index contributed by atoms with van der Waals surface area (Å²) in [6.07, 6.45) is 1.78. The van der Waals surface area contributed by atoms with Crippen molar-refractivity contribution >= 4 is 35.0 Å². The highest BCUT2D eigenvalue weighted by molar-refractivity contribution is 6.42. The van der Waals surface area contributed by atoms with Gasteiger partial charge in [-0.1, -0.05) is 29.3 Å². The summed E-state index contributed by atoms with van der Waals surface area (Å²) >= 11 is 12.1. The van der Waals surface area contributed by atoms with Crippen molar-refractivity contribution in [3.05, 3.63) is 38.6 Å². The van der Waals surface area contributed by atoms with Gasteiger partial charge >= 0.3 is 0 Å². The van der Waals surface area contributed by atoms with Crippen LogP contribution in [-0.2, 0) is 4.74 Å². The third-order valence-electron chi connectivity index (χ3n) is 5.92. The lowest BCUT2D eigenvalue weighted by molar-refractivity contribution is 0.0973. The van der Waals surface area contributed by atoms with Crippen LogP contribution in [0.25, 0.3) is 0 Å². The molecular weight excluding hydrogens is 417 g/mol. The van der Waals surface area contributed by atoms with Gasteiger partial charge in [0.25, 0.3) is 5.56 Å². The zero-order valence-electron chi connectivity index (χ0n) is 16.0. The highest BCUT2D eigenvalue weighted by Gasteiger charge is 2.47. The Morgan fingerprint density at radius 1 is 1.34 bits per heavy atom. The molecular formula is C19H23Cl2N5O3. The van der Waals surface area contributed by atoms with E-state index in [1.807, 2.05) is 11.8 Å². The summed E-state index contributed by atoms with van der Waals surface area (Å²) in [6.45, 7) is 4.08. The summed E-state index contributed by atoms with van der Waals surface area (Å²) in [4.78, 5) is 21.7. The first-order valence-corrected chi connectivity index (χ1v) is 10.2. The van der Waals surface area contributed by atoms with E-state index >= 15 is 0 Å². The molecule has 2 aliphatic heterocycles. The smallest absolute Gasteiger partial charge is 0.297 e. The minimum atomic E-state index is -0.488. The van der Waals surface area contributed by atoms with Gasteiger partial charge in [-0.2, -0.15) is 4.98 Å². The normalized spacial score (nSPS) is 23.5. The maximum atomic E-state index is 12.6. The van der Waals surface area contributed by atoms with Gasteiger partial charge in [-0.15, -0.1) is 0 Å². The summed E-state index contributed by atoms with van der Waals surface area (Å²) in [5, 5.41) is 0.511. The molecule has 0 radical (unpaired) electrons. The molecule has 10 heteroatoms. The fourth-order valence-corrected chi connectivity index (χ4v) is 4.36. The van der Waals surface area contributed by atoms with Crippen molar-refractivity contribution in [1.29, 1.82) is 0 Å². The van der Waals surface area contributed by atoms with Crippen LogP contribution in [0, 0.1) is 5.41 Å². The van der Waals surface area contributed by atoms with E-state index in [1.165, 1.54) is 0 Å². The van der Waals surface area contributed by atoms with Crippen LogP contribution >= 0.6 is 23.2 Å². The van der Waals surface area contributed by atoms with Gasteiger partial charge in [0.15, 0.2) is 5.82 Å². The molecule has 1 aromatic heterocycles. The maximum Gasteiger partial charge on any atom is 0.297 e. The molecule has 2 fully saturated rings. The summed E-state index contributed by atoms with van der Waals surface area (Å²) in [6, 6.07) is 4.90. The number of rotatable bonds is 3. The molecule has 29 heavy (non-hydrogen) atoms. The van der Waals surface area contributed by atoms with Crippen LogP contribution in [0.5, 0.6) is 11.5 Å². The maximum absolute atomic E-state index is 12.6. The second kappa shape index (κ2) is 7.68. The second-order valence-electron chi connectivity index (χ2n) is 7.65.